The van der Waals surface area contributed by atoms with Crippen LogP contribution in [0.1, 0.15) is 53.9 Å². The third-order valence-corrected chi connectivity index (χ3v) is 3.65. The van der Waals surface area contributed by atoms with Gasteiger partial charge in [-0.15, -0.1) is 0 Å². The number of hydrogen-bond acceptors (Lipinski definition) is 3. The largest absolute Gasteiger partial charge is 0.444 e. The van der Waals surface area contributed by atoms with E-state index in [-0.39, 0.29) is 17.6 Å². The van der Waals surface area contributed by atoms with E-state index in [9.17, 15) is 4.79 Å². The van der Waals surface area contributed by atoms with Gasteiger partial charge in [0.1, 0.15) is 5.60 Å². The first-order valence-electron chi connectivity index (χ1n) is 6.84. The highest BCUT2D eigenvalue weighted by atomic mass is 16.6. The summed E-state index contributed by atoms with van der Waals surface area (Å²) in [6.45, 7) is 10.3. The van der Waals surface area contributed by atoms with Crippen LogP contribution in [0.4, 0.5) is 4.79 Å². The highest BCUT2D eigenvalue weighted by Gasteiger charge is 2.36. The predicted molar refractivity (Wildman–Crippen MR) is 73.3 cm³/mol. The van der Waals surface area contributed by atoms with Gasteiger partial charge in [-0.2, -0.15) is 0 Å². The molecular weight excluding hydrogens is 228 g/mol. The maximum absolute atomic E-state index is 11.6. The number of amides is 1. The summed E-state index contributed by atoms with van der Waals surface area (Å²) in [6, 6.07) is 0.140. The van der Waals surface area contributed by atoms with Crippen molar-refractivity contribution in [1.29, 1.82) is 0 Å². The number of carbonyl (C=O) groups is 1. The zero-order chi connectivity index (χ0) is 14.0. The van der Waals surface area contributed by atoms with Crippen molar-refractivity contribution in [2.75, 3.05) is 6.54 Å². The first-order chi connectivity index (χ1) is 8.12. The lowest BCUT2D eigenvalue weighted by Crippen LogP contribution is -2.51. The van der Waals surface area contributed by atoms with Crippen LogP contribution < -0.4 is 11.1 Å². The van der Waals surface area contributed by atoms with Gasteiger partial charge < -0.3 is 15.8 Å². The fraction of sp³-hybridized carbons (Fsp3) is 0.929. The van der Waals surface area contributed by atoms with Crippen molar-refractivity contribution < 1.29 is 9.53 Å². The van der Waals surface area contributed by atoms with Crippen molar-refractivity contribution in [1.82, 2.24) is 5.32 Å². The molecule has 1 amide bonds. The SMILES string of the molecule is CC(C)(C)OC(=O)NCC(C)(C)C(N)C1CCC1. The van der Waals surface area contributed by atoms with Gasteiger partial charge in [0.15, 0.2) is 0 Å². The number of nitrogens with two attached hydrogens (primary N) is 1. The quantitative estimate of drug-likeness (QED) is 0.812. The second kappa shape index (κ2) is 5.47. The van der Waals surface area contributed by atoms with Gasteiger partial charge in [0, 0.05) is 12.6 Å². The van der Waals surface area contributed by atoms with E-state index in [4.69, 9.17) is 10.5 Å². The van der Waals surface area contributed by atoms with Crippen molar-refractivity contribution in [3.05, 3.63) is 0 Å². The Morgan fingerprint density at radius 1 is 1.33 bits per heavy atom. The number of carbonyl (C=O) groups excluding carboxylic acids is 1. The Bertz CT molecular complexity index is 291. The Kier molecular flexibility index (Phi) is 4.65. The minimum Gasteiger partial charge on any atom is -0.444 e. The summed E-state index contributed by atoms with van der Waals surface area (Å²) in [7, 11) is 0. The van der Waals surface area contributed by atoms with E-state index in [1.165, 1.54) is 19.3 Å². The van der Waals surface area contributed by atoms with Gasteiger partial charge in [-0.3, -0.25) is 0 Å². The summed E-state index contributed by atoms with van der Waals surface area (Å²) < 4.78 is 5.22. The number of hydrogen-bond donors (Lipinski definition) is 2. The number of rotatable bonds is 4. The molecule has 0 bridgehead atoms. The number of nitrogens with one attached hydrogen (secondary N) is 1. The average molecular weight is 256 g/mol. The Balaban J connectivity index is 2.38. The molecule has 1 fully saturated rings. The molecule has 1 aliphatic carbocycles. The molecule has 1 atom stereocenters. The molecule has 18 heavy (non-hydrogen) atoms. The molecule has 1 saturated carbocycles. The van der Waals surface area contributed by atoms with E-state index in [2.05, 4.69) is 19.2 Å². The maximum atomic E-state index is 11.6. The molecular formula is C14H28N2O2. The lowest BCUT2D eigenvalue weighted by atomic mass is 9.69. The van der Waals surface area contributed by atoms with E-state index < -0.39 is 5.60 Å². The average Bonchev–Trinajstić information content (AvgIpc) is 2.09. The molecule has 106 valence electrons. The summed E-state index contributed by atoms with van der Waals surface area (Å²) in [5.74, 6) is 0.612. The van der Waals surface area contributed by atoms with Crippen molar-refractivity contribution in [3.63, 3.8) is 0 Å². The normalized spacial score (nSPS) is 19.0. The summed E-state index contributed by atoms with van der Waals surface area (Å²) in [5, 5.41) is 2.82. The van der Waals surface area contributed by atoms with Crippen LogP contribution in [0.5, 0.6) is 0 Å². The van der Waals surface area contributed by atoms with E-state index in [0.717, 1.165) is 0 Å². The first-order valence-corrected chi connectivity index (χ1v) is 6.84. The first kappa shape index (κ1) is 15.3. The van der Waals surface area contributed by atoms with Crippen LogP contribution in [0, 0.1) is 11.3 Å². The highest BCUT2D eigenvalue weighted by molar-refractivity contribution is 5.67. The van der Waals surface area contributed by atoms with Gasteiger partial charge in [0.05, 0.1) is 0 Å². The maximum Gasteiger partial charge on any atom is 0.407 e. The second-order valence-corrected chi connectivity index (χ2v) is 7.06. The molecule has 0 spiro atoms. The molecule has 4 nitrogen and oxygen atoms in total. The Morgan fingerprint density at radius 3 is 2.28 bits per heavy atom. The smallest absolute Gasteiger partial charge is 0.407 e. The van der Waals surface area contributed by atoms with E-state index in [1.54, 1.807) is 0 Å². The Labute approximate surface area is 111 Å². The molecule has 0 aromatic carbocycles. The molecule has 4 heteroatoms. The minimum absolute atomic E-state index is 0.0952. The van der Waals surface area contributed by atoms with Crippen LogP contribution in [-0.4, -0.2) is 24.3 Å². The molecule has 3 N–H and O–H groups in total. The molecule has 0 aromatic heterocycles. The number of alkyl carbamates (subject to hydrolysis) is 1. The van der Waals surface area contributed by atoms with Crippen molar-refractivity contribution in [3.8, 4) is 0 Å². The lowest BCUT2D eigenvalue weighted by molar-refractivity contribution is 0.0484. The second-order valence-electron chi connectivity index (χ2n) is 7.06. The Hall–Kier alpha value is -0.770. The third kappa shape index (κ3) is 4.48. The van der Waals surface area contributed by atoms with E-state index in [0.29, 0.717) is 12.5 Å². The molecule has 1 aliphatic rings. The molecule has 1 rings (SSSR count). The lowest BCUT2D eigenvalue weighted by Gasteiger charge is -2.41. The van der Waals surface area contributed by atoms with Gasteiger partial charge in [-0.25, -0.2) is 4.79 Å². The summed E-state index contributed by atoms with van der Waals surface area (Å²) in [6.07, 6.45) is 3.36. The van der Waals surface area contributed by atoms with E-state index >= 15 is 0 Å². The van der Waals surface area contributed by atoms with Crippen LogP contribution in [0.3, 0.4) is 0 Å². The third-order valence-electron chi connectivity index (χ3n) is 3.65. The van der Waals surface area contributed by atoms with Crippen LogP contribution in [0.25, 0.3) is 0 Å². The molecule has 0 aromatic rings. The van der Waals surface area contributed by atoms with Gasteiger partial charge in [-0.05, 0) is 44.9 Å². The summed E-state index contributed by atoms with van der Waals surface area (Å²) in [5.41, 5.74) is 5.73. The van der Waals surface area contributed by atoms with Crippen LogP contribution in [0.15, 0.2) is 0 Å². The molecule has 0 heterocycles. The van der Waals surface area contributed by atoms with Crippen LogP contribution in [0.2, 0.25) is 0 Å². The minimum atomic E-state index is -0.454. The topological polar surface area (TPSA) is 64.3 Å². The van der Waals surface area contributed by atoms with Crippen LogP contribution >= 0.6 is 0 Å². The summed E-state index contributed by atoms with van der Waals surface area (Å²) >= 11 is 0. The zero-order valence-electron chi connectivity index (χ0n) is 12.4. The molecule has 0 radical (unpaired) electrons. The van der Waals surface area contributed by atoms with Crippen molar-refractivity contribution in [2.45, 2.75) is 65.5 Å². The Morgan fingerprint density at radius 2 is 1.89 bits per heavy atom. The van der Waals surface area contributed by atoms with Crippen molar-refractivity contribution >= 4 is 6.09 Å². The van der Waals surface area contributed by atoms with Gasteiger partial charge in [-0.1, -0.05) is 20.3 Å². The molecule has 0 aliphatic heterocycles. The zero-order valence-corrected chi connectivity index (χ0v) is 12.4. The number of ether oxygens (including phenoxy) is 1. The van der Waals surface area contributed by atoms with E-state index in [1.807, 2.05) is 20.8 Å². The fourth-order valence-corrected chi connectivity index (χ4v) is 2.17. The molecule has 0 saturated heterocycles. The highest BCUT2D eigenvalue weighted by Crippen LogP contribution is 2.36. The summed E-state index contributed by atoms with van der Waals surface area (Å²) in [4.78, 5) is 11.6. The fourth-order valence-electron chi connectivity index (χ4n) is 2.17. The monoisotopic (exact) mass is 256 g/mol. The van der Waals surface area contributed by atoms with Crippen LogP contribution in [-0.2, 0) is 4.74 Å². The van der Waals surface area contributed by atoms with Gasteiger partial charge >= 0.3 is 6.09 Å². The molecule has 1 unspecified atom stereocenters. The standard InChI is InChI=1S/C14H28N2O2/c1-13(2,3)18-12(17)16-9-14(4,5)11(15)10-7-6-8-10/h10-11H,6-9,15H2,1-5H3,(H,16,17). The predicted octanol–water partition coefficient (Wildman–Crippen LogP) is 2.66. The van der Waals surface area contributed by atoms with Gasteiger partial charge in [0.2, 0.25) is 0 Å². The van der Waals surface area contributed by atoms with Crippen molar-refractivity contribution in [2.24, 2.45) is 17.1 Å². The van der Waals surface area contributed by atoms with Gasteiger partial charge in [0.25, 0.3) is 0 Å².